The van der Waals surface area contributed by atoms with Crippen molar-refractivity contribution in [2.75, 3.05) is 0 Å². The number of benzene rings is 4. The van der Waals surface area contributed by atoms with Crippen LogP contribution in [0.5, 0.6) is 0 Å². The highest BCUT2D eigenvalue weighted by Crippen LogP contribution is 2.23. The molecule has 0 aliphatic rings. The van der Waals surface area contributed by atoms with Crippen LogP contribution in [0, 0.1) is 29.5 Å². The first-order valence-electron chi connectivity index (χ1n) is 13.7. The van der Waals surface area contributed by atoms with Gasteiger partial charge in [-0.15, -0.1) is 0 Å². The SMILES string of the molecule is C/C=C/CCc1ccc2c(F)c(C#Cc3ccc(C#Cc4ccc(CCCCCC)cc4)cc3)ccc2c1. The lowest BCUT2D eigenvalue weighted by Crippen LogP contribution is -1.89. The summed E-state index contributed by atoms with van der Waals surface area (Å²) in [4.78, 5) is 0. The Hall–Kier alpha value is -4.07. The van der Waals surface area contributed by atoms with Gasteiger partial charge in [-0.05, 0) is 91.6 Å². The molecule has 0 fully saturated rings. The molecule has 0 amide bonds. The fourth-order valence-corrected chi connectivity index (χ4v) is 4.44. The molecule has 0 saturated heterocycles. The quantitative estimate of drug-likeness (QED) is 0.129. The molecule has 0 saturated carbocycles. The van der Waals surface area contributed by atoms with Crippen LogP contribution in [0.4, 0.5) is 4.39 Å². The molecule has 0 aliphatic heterocycles. The average molecular weight is 499 g/mol. The summed E-state index contributed by atoms with van der Waals surface area (Å²) in [5, 5.41) is 1.53. The highest BCUT2D eigenvalue weighted by molar-refractivity contribution is 5.85. The van der Waals surface area contributed by atoms with Crippen molar-refractivity contribution in [1.29, 1.82) is 0 Å². The zero-order chi connectivity index (χ0) is 26.6. The second kappa shape index (κ2) is 14.0. The average Bonchev–Trinajstić information content (AvgIpc) is 2.95. The number of fused-ring (bicyclic) bond motifs is 1. The molecule has 4 rings (SSSR count). The Morgan fingerprint density at radius 2 is 1.29 bits per heavy atom. The van der Waals surface area contributed by atoms with E-state index < -0.39 is 0 Å². The molecule has 0 nitrogen and oxygen atoms in total. The number of halogens is 1. The van der Waals surface area contributed by atoms with Crippen LogP contribution in [0.3, 0.4) is 0 Å². The van der Waals surface area contributed by atoms with Crippen LogP contribution in [0.2, 0.25) is 0 Å². The predicted octanol–water partition coefficient (Wildman–Crippen LogP) is 9.41. The van der Waals surface area contributed by atoms with E-state index in [9.17, 15) is 0 Å². The molecular weight excluding hydrogens is 463 g/mol. The molecule has 0 aliphatic carbocycles. The zero-order valence-electron chi connectivity index (χ0n) is 22.5. The maximum Gasteiger partial charge on any atom is 0.146 e. The van der Waals surface area contributed by atoms with Crippen molar-refractivity contribution in [3.8, 4) is 23.7 Å². The van der Waals surface area contributed by atoms with Gasteiger partial charge in [-0.2, -0.15) is 0 Å². The van der Waals surface area contributed by atoms with Crippen LogP contribution in [0.15, 0.2) is 91.0 Å². The van der Waals surface area contributed by atoms with Crippen molar-refractivity contribution >= 4 is 10.8 Å². The summed E-state index contributed by atoms with van der Waals surface area (Å²) in [6.45, 7) is 4.26. The maximum absolute atomic E-state index is 15.1. The normalized spacial score (nSPS) is 10.7. The van der Waals surface area contributed by atoms with Gasteiger partial charge in [0.1, 0.15) is 5.82 Å². The van der Waals surface area contributed by atoms with Crippen LogP contribution >= 0.6 is 0 Å². The second-order valence-corrected chi connectivity index (χ2v) is 9.68. The first kappa shape index (κ1) is 27.0. The Bertz CT molecular complexity index is 1500. The predicted molar refractivity (Wildman–Crippen MR) is 160 cm³/mol. The molecule has 4 aromatic carbocycles. The molecule has 1 heteroatoms. The molecule has 0 bridgehead atoms. The second-order valence-electron chi connectivity index (χ2n) is 9.68. The first-order valence-corrected chi connectivity index (χ1v) is 13.7. The van der Waals surface area contributed by atoms with Gasteiger partial charge in [0.2, 0.25) is 0 Å². The highest BCUT2D eigenvalue weighted by atomic mass is 19.1. The van der Waals surface area contributed by atoms with E-state index in [1.807, 2.05) is 49.4 Å². The summed E-state index contributed by atoms with van der Waals surface area (Å²) in [5.41, 5.74) is 5.79. The minimum Gasteiger partial charge on any atom is -0.205 e. The van der Waals surface area contributed by atoms with E-state index in [0.29, 0.717) is 10.9 Å². The third kappa shape index (κ3) is 7.71. The van der Waals surface area contributed by atoms with Crippen LogP contribution in [-0.4, -0.2) is 0 Å². The standard InChI is InChI=1S/C37H35F/c1-3-5-7-9-10-29-12-14-30(15-13-29)16-17-31-18-20-32(21-19-31)22-24-34-25-26-35-28-33(11-8-6-4-2)23-27-36(35)37(34)38/h4,6,12-15,18-21,23,25-28H,3,5,7-11H2,1-2H3/b6-4+. The molecule has 0 unspecified atom stereocenters. The van der Waals surface area contributed by atoms with E-state index >= 15 is 4.39 Å². The van der Waals surface area contributed by atoms with Crippen molar-refractivity contribution < 1.29 is 4.39 Å². The van der Waals surface area contributed by atoms with E-state index in [-0.39, 0.29) is 5.82 Å². The molecule has 0 atom stereocenters. The largest absolute Gasteiger partial charge is 0.205 e. The summed E-state index contributed by atoms with van der Waals surface area (Å²) in [7, 11) is 0. The fourth-order valence-electron chi connectivity index (χ4n) is 4.44. The summed E-state index contributed by atoms with van der Waals surface area (Å²) < 4.78 is 15.1. The molecule has 0 spiro atoms. The number of hydrogen-bond acceptors (Lipinski definition) is 0. The van der Waals surface area contributed by atoms with Crippen LogP contribution in [-0.2, 0) is 12.8 Å². The molecule has 0 N–H and O–H groups in total. The monoisotopic (exact) mass is 498 g/mol. The molecule has 38 heavy (non-hydrogen) atoms. The summed E-state index contributed by atoms with van der Waals surface area (Å²) >= 11 is 0. The Morgan fingerprint density at radius 3 is 1.95 bits per heavy atom. The van der Waals surface area contributed by atoms with Crippen molar-refractivity contribution in [3.05, 3.63) is 130 Å². The number of hydrogen-bond donors (Lipinski definition) is 0. The van der Waals surface area contributed by atoms with E-state index in [2.05, 4.69) is 73.1 Å². The Labute approximate surface area is 227 Å². The van der Waals surface area contributed by atoms with Crippen LogP contribution in [0.1, 0.15) is 79.3 Å². The summed E-state index contributed by atoms with van der Waals surface area (Å²) in [6, 6.07) is 26.1. The van der Waals surface area contributed by atoms with Crippen molar-refractivity contribution in [2.24, 2.45) is 0 Å². The number of unbranched alkanes of at least 4 members (excludes halogenated alkanes) is 3. The minimum atomic E-state index is -0.260. The van der Waals surface area contributed by atoms with Crippen molar-refractivity contribution in [1.82, 2.24) is 0 Å². The highest BCUT2D eigenvalue weighted by Gasteiger charge is 2.06. The van der Waals surface area contributed by atoms with Gasteiger partial charge < -0.3 is 0 Å². The van der Waals surface area contributed by atoms with Gasteiger partial charge >= 0.3 is 0 Å². The van der Waals surface area contributed by atoms with Gasteiger partial charge in [0.05, 0.1) is 5.56 Å². The van der Waals surface area contributed by atoms with E-state index in [1.165, 1.54) is 36.8 Å². The van der Waals surface area contributed by atoms with Crippen LogP contribution < -0.4 is 0 Å². The smallest absolute Gasteiger partial charge is 0.146 e. The van der Waals surface area contributed by atoms with Gasteiger partial charge in [0, 0.05) is 22.1 Å². The van der Waals surface area contributed by atoms with Crippen molar-refractivity contribution in [2.45, 2.75) is 58.8 Å². The Kier molecular flexibility index (Phi) is 9.96. The van der Waals surface area contributed by atoms with Crippen LogP contribution in [0.25, 0.3) is 10.8 Å². The Balaban J connectivity index is 1.39. The van der Waals surface area contributed by atoms with E-state index in [1.54, 1.807) is 6.07 Å². The van der Waals surface area contributed by atoms with Gasteiger partial charge in [0.15, 0.2) is 0 Å². The molecule has 4 aromatic rings. The number of aryl methyl sites for hydroxylation is 2. The zero-order valence-corrected chi connectivity index (χ0v) is 22.5. The fraction of sp³-hybridized carbons (Fsp3) is 0.243. The number of rotatable bonds is 8. The molecular formula is C37H35F. The molecule has 0 radical (unpaired) electrons. The maximum atomic E-state index is 15.1. The molecule has 190 valence electrons. The third-order valence-electron chi connectivity index (χ3n) is 6.70. The third-order valence-corrected chi connectivity index (χ3v) is 6.70. The first-order chi connectivity index (χ1) is 18.7. The summed E-state index contributed by atoms with van der Waals surface area (Å²) in [6.07, 6.45) is 12.4. The van der Waals surface area contributed by atoms with Gasteiger partial charge in [-0.3, -0.25) is 0 Å². The van der Waals surface area contributed by atoms with Crippen molar-refractivity contribution in [3.63, 3.8) is 0 Å². The summed E-state index contributed by atoms with van der Waals surface area (Å²) in [5.74, 6) is 12.3. The Morgan fingerprint density at radius 1 is 0.658 bits per heavy atom. The van der Waals surface area contributed by atoms with Gasteiger partial charge in [-0.25, -0.2) is 4.39 Å². The minimum absolute atomic E-state index is 0.260. The van der Waals surface area contributed by atoms with Gasteiger partial charge in [0.25, 0.3) is 0 Å². The molecule has 0 heterocycles. The molecule has 0 aromatic heterocycles. The van der Waals surface area contributed by atoms with E-state index in [4.69, 9.17) is 0 Å². The lowest BCUT2D eigenvalue weighted by atomic mass is 10.0. The number of allylic oxidation sites excluding steroid dienone is 2. The topological polar surface area (TPSA) is 0 Å². The van der Waals surface area contributed by atoms with E-state index in [0.717, 1.165) is 41.3 Å². The van der Waals surface area contributed by atoms with Gasteiger partial charge in [-0.1, -0.05) is 98.4 Å². The lowest BCUT2D eigenvalue weighted by molar-refractivity contribution is 0.636. The lowest BCUT2D eigenvalue weighted by Gasteiger charge is -2.05.